The van der Waals surface area contributed by atoms with Gasteiger partial charge in [0.1, 0.15) is 0 Å². The van der Waals surface area contributed by atoms with Crippen molar-refractivity contribution in [2.45, 2.75) is 13.3 Å². The first-order chi connectivity index (χ1) is 7.24. The van der Waals surface area contributed by atoms with Gasteiger partial charge in [0.15, 0.2) is 0 Å². The number of halogens is 3. The maximum atomic E-state index is 5.54. The zero-order valence-corrected chi connectivity index (χ0v) is 11.2. The Hall–Kier alpha value is 0.0900. The second kappa shape index (κ2) is 10.6. The second-order valence-electron chi connectivity index (χ2n) is 3.34. The van der Waals surface area contributed by atoms with Gasteiger partial charge in [-0.2, -0.15) is 0 Å². The van der Waals surface area contributed by atoms with Crippen molar-refractivity contribution >= 4 is 34.8 Å². The fraction of sp³-hybridized carbons (Fsp3) is 0.500. The van der Waals surface area contributed by atoms with Gasteiger partial charge in [-0.05, 0) is 17.9 Å². The first-order valence-electron chi connectivity index (χ1n) is 4.96. The number of aryl methyl sites for hydroxylation is 1. The van der Waals surface area contributed by atoms with Crippen LogP contribution >= 0.6 is 34.8 Å². The fourth-order valence-corrected chi connectivity index (χ4v) is 1.34. The second-order valence-corrected chi connectivity index (χ2v) is 4.33. The molecule has 0 radical (unpaired) electrons. The molecule has 0 aliphatic heterocycles. The summed E-state index contributed by atoms with van der Waals surface area (Å²) in [5.74, 6) is 2.52. The first-order valence-corrected chi connectivity index (χ1v) is 6.56. The van der Waals surface area contributed by atoms with Crippen LogP contribution in [-0.4, -0.2) is 17.6 Å². The number of hydrogen-bond donors (Lipinski definition) is 0. The molecule has 86 valence electrons. The van der Waals surface area contributed by atoms with Gasteiger partial charge < -0.3 is 0 Å². The lowest BCUT2D eigenvalue weighted by Gasteiger charge is -1.95. The Labute approximate surface area is 108 Å². The highest BCUT2D eigenvalue weighted by Gasteiger charge is 1.92. The van der Waals surface area contributed by atoms with Crippen molar-refractivity contribution in [2.24, 2.45) is 5.92 Å². The predicted molar refractivity (Wildman–Crippen MR) is 71.5 cm³/mol. The SMILES string of the molecule is CC(CCl)CCl.ClCCc1ccccc1. The molecule has 1 rings (SSSR count). The van der Waals surface area contributed by atoms with E-state index in [0.29, 0.717) is 23.6 Å². The Bertz CT molecular complexity index is 220. The van der Waals surface area contributed by atoms with E-state index in [1.54, 1.807) is 0 Å². The Morgan fingerprint density at radius 1 is 1.00 bits per heavy atom. The number of rotatable bonds is 4. The summed E-state index contributed by atoms with van der Waals surface area (Å²) >= 11 is 16.3. The molecule has 0 aliphatic rings. The third kappa shape index (κ3) is 9.04. The van der Waals surface area contributed by atoms with Crippen molar-refractivity contribution in [3.8, 4) is 0 Å². The summed E-state index contributed by atoms with van der Waals surface area (Å²) in [7, 11) is 0. The van der Waals surface area contributed by atoms with Gasteiger partial charge in [-0.25, -0.2) is 0 Å². The molecule has 0 amide bonds. The Balaban J connectivity index is 0.000000288. The number of alkyl halides is 3. The van der Waals surface area contributed by atoms with Crippen LogP contribution in [0.15, 0.2) is 30.3 Å². The summed E-state index contributed by atoms with van der Waals surface area (Å²) in [6.45, 7) is 2.01. The van der Waals surface area contributed by atoms with Gasteiger partial charge in [0.25, 0.3) is 0 Å². The van der Waals surface area contributed by atoms with E-state index >= 15 is 0 Å². The predicted octanol–water partition coefficient (Wildman–Crippen LogP) is 4.57. The monoisotopic (exact) mass is 266 g/mol. The van der Waals surface area contributed by atoms with Crippen LogP contribution in [0.1, 0.15) is 12.5 Å². The summed E-state index contributed by atoms with van der Waals surface area (Å²) in [5.41, 5.74) is 1.31. The van der Waals surface area contributed by atoms with E-state index < -0.39 is 0 Å². The molecule has 0 heterocycles. The maximum absolute atomic E-state index is 5.54. The maximum Gasteiger partial charge on any atom is 0.0263 e. The first kappa shape index (κ1) is 15.1. The molecule has 0 saturated carbocycles. The van der Waals surface area contributed by atoms with E-state index in [2.05, 4.69) is 12.1 Å². The summed E-state index contributed by atoms with van der Waals surface area (Å²) < 4.78 is 0. The molecule has 1 aromatic carbocycles. The molecule has 0 nitrogen and oxygen atoms in total. The zero-order chi connectivity index (χ0) is 11.5. The molecule has 0 aromatic heterocycles. The minimum atomic E-state index is 0.466. The molecule has 0 atom stereocenters. The molecule has 0 fully saturated rings. The summed E-state index contributed by atoms with van der Waals surface area (Å²) in [5, 5.41) is 0. The molecule has 1 aromatic rings. The molecular weight excluding hydrogens is 250 g/mol. The molecular formula is C12H17Cl3. The van der Waals surface area contributed by atoms with Crippen molar-refractivity contribution in [2.75, 3.05) is 17.6 Å². The minimum absolute atomic E-state index is 0.466. The van der Waals surface area contributed by atoms with Crippen molar-refractivity contribution in [3.63, 3.8) is 0 Å². The van der Waals surface area contributed by atoms with Crippen LogP contribution in [-0.2, 0) is 6.42 Å². The summed E-state index contributed by atoms with van der Waals surface area (Å²) in [6.07, 6.45) is 0.975. The summed E-state index contributed by atoms with van der Waals surface area (Å²) in [4.78, 5) is 0. The van der Waals surface area contributed by atoms with Gasteiger partial charge >= 0.3 is 0 Å². The minimum Gasteiger partial charge on any atom is -0.126 e. The van der Waals surface area contributed by atoms with Gasteiger partial charge in [-0.1, -0.05) is 37.3 Å². The van der Waals surface area contributed by atoms with Crippen LogP contribution < -0.4 is 0 Å². The highest BCUT2D eigenvalue weighted by Crippen LogP contribution is 1.99. The van der Waals surface area contributed by atoms with Crippen molar-refractivity contribution < 1.29 is 0 Å². The Kier molecular flexibility index (Phi) is 10.7. The van der Waals surface area contributed by atoms with E-state index in [1.165, 1.54) is 5.56 Å². The van der Waals surface area contributed by atoms with Crippen LogP contribution in [0.3, 0.4) is 0 Å². The van der Waals surface area contributed by atoms with Crippen LogP contribution in [0.25, 0.3) is 0 Å². The molecule has 0 spiro atoms. The third-order valence-electron chi connectivity index (χ3n) is 1.75. The fourth-order valence-electron chi connectivity index (χ4n) is 0.795. The van der Waals surface area contributed by atoms with Crippen molar-refractivity contribution in [1.82, 2.24) is 0 Å². The summed E-state index contributed by atoms with van der Waals surface area (Å²) in [6, 6.07) is 10.2. The van der Waals surface area contributed by atoms with E-state index in [0.717, 1.165) is 6.42 Å². The number of benzene rings is 1. The van der Waals surface area contributed by atoms with Gasteiger partial charge in [-0.15, -0.1) is 34.8 Å². The lowest BCUT2D eigenvalue weighted by Crippen LogP contribution is -1.94. The van der Waals surface area contributed by atoms with Crippen LogP contribution in [0, 0.1) is 5.92 Å². The smallest absolute Gasteiger partial charge is 0.0263 e. The Morgan fingerprint density at radius 2 is 1.53 bits per heavy atom. The van der Waals surface area contributed by atoms with E-state index in [4.69, 9.17) is 34.8 Å². The molecule has 3 heteroatoms. The van der Waals surface area contributed by atoms with Gasteiger partial charge in [0, 0.05) is 17.6 Å². The normalized spacial score (nSPS) is 9.67. The molecule has 0 saturated heterocycles. The lowest BCUT2D eigenvalue weighted by molar-refractivity contribution is 0.754. The average Bonchev–Trinajstić information content (AvgIpc) is 2.31. The van der Waals surface area contributed by atoms with E-state index in [-0.39, 0.29) is 0 Å². The van der Waals surface area contributed by atoms with Crippen LogP contribution in [0.2, 0.25) is 0 Å². The highest BCUT2D eigenvalue weighted by atomic mass is 35.5. The van der Waals surface area contributed by atoms with Crippen molar-refractivity contribution in [3.05, 3.63) is 35.9 Å². The average molecular weight is 268 g/mol. The molecule has 0 unspecified atom stereocenters. The Morgan fingerprint density at radius 3 is 1.87 bits per heavy atom. The largest absolute Gasteiger partial charge is 0.126 e. The van der Waals surface area contributed by atoms with Gasteiger partial charge in [-0.3, -0.25) is 0 Å². The molecule has 15 heavy (non-hydrogen) atoms. The van der Waals surface area contributed by atoms with Crippen LogP contribution in [0.4, 0.5) is 0 Å². The lowest BCUT2D eigenvalue weighted by atomic mass is 10.2. The molecule has 0 N–H and O–H groups in total. The third-order valence-corrected chi connectivity index (χ3v) is 3.00. The van der Waals surface area contributed by atoms with Gasteiger partial charge in [0.2, 0.25) is 0 Å². The van der Waals surface area contributed by atoms with E-state index in [1.807, 2.05) is 25.1 Å². The standard InChI is InChI=1S/C8H9Cl.C4H8Cl2/c9-7-6-8-4-2-1-3-5-8;1-4(2-5)3-6/h1-5H,6-7H2;4H,2-3H2,1H3. The molecule has 0 aliphatic carbocycles. The number of hydrogen-bond acceptors (Lipinski definition) is 0. The quantitative estimate of drug-likeness (QED) is 0.701. The van der Waals surface area contributed by atoms with Gasteiger partial charge in [0.05, 0.1) is 0 Å². The molecule has 0 bridgehead atoms. The van der Waals surface area contributed by atoms with E-state index in [9.17, 15) is 0 Å². The van der Waals surface area contributed by atoms with Crippen molar-refractivity contribution in [1.29, 1.82) is 0 Å². The topological polar surface area (TPSA) is 0 Å². The highest BCUT2D eigenvalue weighted by molar-refractivity contribution is 6.20. The zero-order valence-electron chi connectivity index (χ0n) is 8.93. The van der Waals surface area contributed by atoms with Crippen LogP contribution in [0.5, 0.6) is 0 Å².